The van der Waals surface area contributed by atoms with Crippen molar-refractivity contribution in [2.75, 3.05) is 12.4 Å². The molecule has 0 aliphatic carbocycles. The molecule has 7 nitrogen and oxygen atoms in total. The number of carbonyl (C=O) groups is 2. The molecule has 94 valence electrons. The Morgan fingerprint density at radius 1 is 1.56 bits per heavy atom. The first-order chi connectivity index (χ1) is 8.52. The molecule has 18 heavy (non-hydrogen) atoms. The summed E-state index contributed by atoms with van der Waals surface area (Å²) in [4.78, 5) is 33.1. The molecule has 2 rings (SSSR count). The molecule has 1 aromatic rings. The summed E-state index contributed by atoms with van der Waals surface area (Å²) in [5, 5.41) is 13.1. The number of ether oxygens (including phenoxy) is 1. The maximum Gasteiger partial charge on any atom is 0.318 e. The van der Waals surface area contributed by atoms with Crippen molar-refractivity contribution in [1.29, 1.82) is 0 Å². The summed E-state index contributed by atoms with van der Waals surface area (Å²) >= 11 is 0. The smallest absolute Gasteiger partial charge is 0.318 e. The van der Waals surface area contributed by atoms with E-state index in [9.17, 15) is 19.7 Å². The van der Waals surface area contributed by atoms with Crippen LogP contribution in [0.4, 0.5) is 11.4 Å². The molecule has 1 aromatic carbocycles. The lowest BCUT2D eigenvalue weighted by Crippen LogP contribution is -2.36. The monoisotopic (exact) mass is 250 g/mol. The summed E-state index contributed by atoms with van der Waals surface area (Å²) in [6, 6.07) is 4.15. The number of carbonyl (C=O) groups excluding carboxylic acids is 2. The lowest BCUT2D eigenvalue weighted by Gasteiger charge is -2.22. The van der Waals surface area contributed by atoms with Gasteiger partial charge in [-0.3, -0.25) is 19.7 Å². The van der Waals surface area contributed by atoms with Crippen molar-refractivity contribution in [2.45, 2.75) is 6.42 Å². The van der Waals surface area contributed by atoms with Gasteiger partial charge in [-0.2, -0.15) is 0 Å². The van der Waals surface area contributed by atoms with Crippen LogP contribution in [0.1, 0.15) is 5.56 Å². The van der Waals surface area contributed by atoms with Crippen LogP contribution in [0.25, 0.3) is 0 Å². The molecule has 0 unspecified atom stereocenters. The Kier molecular flexibility index (Phi) is 2.97. The third kappa shape index (κ3) is 2.02. The van der Waals surface area contributed by atoms with Crippen LogP contribution in [-0.2, 0) is 20.7 Å². The van der Waals surface area contributed by atoms with E-state index in [1.165, 1.54) is 25.3 Å². The third-order valence-electron chi connectivity index (χ3n) is 2.79. The fraction of sp³-hybridized carbons (Fsp3) is 0.273. The Bertz CT molecular complexity index is 540. The Labute approximate surface area is 102 Å². The van der Waals surface area contributed by atoms with Gasteiger partial charge < -0.3 is 10.1 Å². The number of fused-ring (bicyclic) bond motifs is 1. The van der Waals surface area contributed by atoms with E-state index in [-0.39, 0.29) is 12.1 Å². The van der Waals surface area contributed by atoms with Gasteiger partial charge in [0.1, 0.15) is 5.92 Å². The quantitative estimate of drug-likeness (QED) is 0.363. The summed E-state index contributed by atoms with van der Waals surface area (Å²) in [6.07, 6.45) is 0.186. The van der Waals surface area contributed by atoms with Crippen LogP contribution >= 0.6 is 0 Å². The number of hydrogen-bond acceptors (Lipinski definition) is 5. The number of nitrogens with zero attached hydrogens (tertiary/aromatic N) is 1. The topological polar surface area (TPSA) is 98.5 Å². The van der Waals surface area contributed by atoms with Crippen molar-refractivity contribution in [3.8, 4) is 0 Å². The normalized spacial score (nSPS) is 17.6. The number of anilines is 1. The van der Waals surface area contributed by atoms with Crippen LogP contribution in [0.5, 0.6) is 0 Å². The largest absolute Gasteiger partial charge is 0.468 e. The second-order valence-corrected chi connectivity index (χ2v) is 3.87. The van der Waals surface area contributed by atoms with E-state index in [0.717, 1.165) is 0 Å². The van der Waals surface area contributed by atoms with E-state index in [0.29, 0.717) is 11.3 Å². The molecule has 1 atom stereocenters. The number of non-ortho nitro benzene ring substituents is 1. The Balaban J connectivity index is 2.33. The zero-order valence-electron chi connectivity index (χ0n) is 9.50. The van der Waals surface area contributed by atoms with Crippen LogP contribution in [0, 0.1) is 16.0 Å². The Hall–Kier alpha value is -2.44. The molecule has 0 saturated heterocycles. The summed E-state index contributed by atoms with van der Waals surface area (Å²) in [6.45, 7) is 0. The van der Waals surface area contributed by atoms with Gasteiger partial charge in [0.2, 0.25) is 5.91 Å². The van der Waals surface area contributed by atoms with E-state index in [4.69, 9.17) is 0 Å². The highest BCUT2D eigenvalue weighted by molar-refractivity contribution is 6.07. The number of benzene rings is 1. The summed E-state index contributed by atoms with van der Waals surface area (Å²) in [7, 11) is 1.21. The van der Waals surface area contributed by atoms with Gasteiger partial charge in [0.15, 0.2) is 0 Å². The fourth-order valence-corrected chi connectivity index (χ4v) is 1.84. The van der Waals surface area contributed by atoms with E-state index in [1.807, 2.05) is 0 Å². The molecule has 0 aromatic heterocycles. The number of rotatable bonds is 2. The number of hydrogen-bond donors (Lipinski definition) is 1. The highest BCUT2D eigenvalue weighted by atomic mass is 16.6. The molecular weight excluding hydrogens is 240 g/mol. The molecule has 7 heteroatoms. The number of nitrogens with one attached hydrogen (secondary N) is 1. The van der Waals surface area contributed by atoms with Crippen LogP contribution in [-0.4, -0.2) is 23.9 Å². The predicted molar refractivity (Wildman–Crippen MR) is 60.9 cm³/mol. The fourth-order valence-electron chi connectivity index (χ4n) is 1.84. The Morgan fingerprint density at radius 3 is 2.89 bits per heavy atom. The van der Waals surface area contributed by atoms with Crippen molar-refractivity contribution in [1.82, 2.24) is 0 Å². The SMILES string of the molecule is COC(=O)[C@@H]1Cc2ccc([N+](=O)[O-])cc2NC1=O. The summed E-state index contributed by atoms with van der Waals surface area (Å²) in [5.74, 6) is -2.02. The maximum atomic E-state index is 11.7. The van der Waals surface area contributed by atoms with Crippen LogP contribution < -0.4 is 5.32 Å². The minimum absolute atomic E-state index is 0.106. The number of esters is 1. The number of nitro benzene ring substituents is 1. The molecule has 1 aliphatic rings. The first-order valence-corrected chi connectivity index (χ1v) is 5.19. The molecule has 1 amide bonds. The van der Waals surface area contributed by atoms with Crippen molar-refractivity contribution < 1.29 is 19.2 Å². The first kappa shape index (κ1) is 12.0. The first-order valence-electron chi connectivity index (χ1n) is 5.19. The maximum absolute atomic E-state index is 11.7. The van der Waals surface area contributed by atoms with Crippen LogP contribution in [0.15, 0.2) is 18.2 Å². The molecule has 0 bridgehead atoms. The van der Waals surface area contributed by atoms with E-state index in [1.54, 1.807) is 0 Å². The zero-order chi connectivity index (χ0) is 13.3. The molecule has 1 N–H and O–H groups in total. The van der Waals surface area contributed by atoms with Gasteiger partial charge in [-0.05, 0) is 12.0 Å². The van der Waals surface area contributed by atoms with Crippen molar-refractivity contribution in [3.05, 3.63) is 33.9 Å². The van der Waals surface area contributed by atoms with E-state index < -0.39 is 22.7 Å². The lowest BCUT2D eigenvalue weighted by molar-refractivity contribution is -0.384. The van der Waals surface area contributed by atoms with Crippen molar-refractivity contribution in [3.63, 3.8) is 0 Å². The Morgan fingerprint density at radius 2 is 2.28 bits per heavy atom. The van der Waals surface area contributed by atoms with E-state index >= 15 is 0 Å². The molecule has 1 aliphatic heterocycles. The average Bonchev–Trinajstić information content (AvgIpc) is 2.36. The van der Waals surface area contributed by atoms with Crippen molar-refractivity contribution >= 4 is 23.3 Å². The second-order valence-electron chi connectivity index (χ2n) is 3.87. The molecule has 0 radical (unpaired) electrons. The van der Waals surface area contributed by atoms with E-state index in [2.05, 4.69) is 10.1 Å². The lowest BCUT2D eigenvalue weighted by atomic mass is 9.93. The van der Waals surface area contributed by atoms with Gasteiger partial charge in [0, 0.05) is 12.1 Å². The number of methoxy groups -OCH3 is 1. The van der Waals surface area contributed by atoms with Crippen LogP contribution in [0.2, 0.25) is 0 Å². The zero-order valence-corrected chi connectivity index (χ0v) is 9.50. The molecule has 0 saturated carbocycles. The van der Waals surface area contributed by atoms with Gasteiger partial charge >= 0.3 is 5.97 Å². The highest BCUT2D eigenvalue weighted by Gasteiger charge is 2.33. The van der Waals surface area contributed by atoms with Gasteiger partial charge in [-0.15, -0.1) is 0 Å². The minimum atomic E-state index is -0.899. The van der Waals surface area contributed by atoms with Gasteiger partial charge in [-0.25, -0.2) is 0 Å². The molecule has 0 spiro atoms. The number of nitro groups is 1. The van der Waals surface area contributed by atoms with Gasteiger partial charge in [0.05, 0.1) is 17.7 Å². The summed E-state index contributed by atoms with van der Waals surface area (Å²) < 4.78 is 4.53. The third-order valence-corrected chi connectivity index (χ3v) is 2.79. The van der Waals surface area contributed by atoms with Gasteiger partial charge in [0.25, 0.3) is 5.69 Å². The second kappa shape index (κ2) is 4.44. The molecule has 0 fully saturated rings. The molecular formula is C11H10N2O5. The predicted octanol–water partition coefficient (Wildman–Crippen LogP) is 0.879. The van der Waals surface area contributed by atoms with Gasteiger partial charge in [-0.1, -0.05) is 6.07 Å². The minimum Gasteiger partial charge on any atom is -0.468 e. The molecule has 1 heterocycles. The number of amides is 1. The summed E-state index contributed by atoms with van der Waals surface area (Å²) in [5.41, 5.74) is 0.940. The standard InChI is InChI=1S/C11H10N2O5/c1-18-11(15)8-4-6-2-3-7(13(16)17)5-9(6)12-10(8)14/h2-3,5,8H,4H2,1H3,(H,12,14)/t8-/m1/s1. The van der Waals surface area contributed by atoms with Crippen LogP contribution in [0.3, 0.4) is 0 Å². The highest BCUT2D eigenvalue weighted by Crippen LogP contribution is 2.29. The van der Waals surface area contributed by atoms with Crippen molar-refractivity contribution in [2.24, 2.45) is 5.92 Å². The average molecular weight is 250 g/mol.